The second-order valence-corrected chi connectivity index (χ2v) is 8.43. The molecule has 0 bridgehead atoms. The smallest absolute Gasteiger partial charge is 0.294 e. The number of rotatable bonds is 11. The van der Waals surface area contributed by atoms with E-state index in [2.05, 4.69) is 23.8 Å². The zero-order valence-corrected chi connectivity index (χ0v) is 19.3. The minimum atomic E-state index is -0.241. The van der Waals surface area contributed by atoms with Crippen LogP contribution in [0.3, 0.4) is 0 Å². The molecule has 176 valence electrons. The Morgan fingerprint density at radius 1 is 1.27 bits per heavy atom. The monoisotopic (exact) mass is 451 g/mol. The molecule has 7 nitrogen and oxygen atoms in total. The quantitative estimate of drug-likeness (QED) is 0.279. The fourth-order valence-electron chi connectivity index (χ4n) is 3.88. The Hall–Kier alpha value is -2.90. The molecule has 1 saturated carbocycles. The highest BCUT2D eigenvalue weighted by Gasteiger charge is 2.24. The standard InChI is InChI=1S/C26H33N3O4/c1-3-14-29(22-18-27-28(19-22)15-17-32-25-7-5-6-16-31-25)26(30)24(4-2)33-23-12-10-21(11-13-23)20-8-9-20/h3-4,10-13,18-20,25H,1,5-9,14-17H2,2H3/b24-4-. The van der Waals surface area contributed by atoms with Crippen LogP contribution in [-0.2, 0) is 20.8 Å². The maximum absolute atomic E-state index is 13.3. The molecule has 33 heavy (non-hydrogen) atoms. The molecule has 0 spiro atoms. The molecule has 1 atom stereocenters. The van der Waals surface area contributed by atoms with E-state index in [1.54, 1.807) is 34.9 Å². The van der Waals surface area contributed by atoms with Gasteiger partial charge in [0, 0.05) is 19.3 Å². The summed E-state index contributed by atoms with van der Waals surface area (Å²) in [5, 5.41) is 4.39. The van der Waals surface area contributed by atoms with E-state index in [4.69, 9.17) is 14.2 Å². The number of hydrogen-bond acceptors (Lipinski definition) is 5. The van der Waals surface area contributed by atoms with Gasteiger partial charge in [0.25, 0.3) is 5.91 Å². The third-order valence-corrected chi connectivity index (χ3v) is 5.88. The highest BCUT2D eigenvalue weighted by molar-refractivity contribution is 6.04. The molecular formula is C26H33N3O4. The first-order valence-electron chi connectivity index (χ1n) is 11.8. The van der Waals surface area contributed by atoms with Gasteiger partial charge in [-0.15, -0.1) is 6.58 Å². The Labute approximate surface area is 195 Å². The molecule has 1 aliphatic carbocycles. The summed E-state index contributed by atoms with van der Waals surface area (Å²) < 4.78 is 19.1. The lowest BCUT2D eigenvalue weighted by molar-refractivity contribution is -0.163. The number of hydrogen-bond donors (Lipinski definition) is 0. The predicted octanol–water partition coefficient (Wildman–Crippen LogP) is 4.81. The van der Waals surface area contributed by atoms with Gasteiger partial charge < -0.3 is 14.2 Å². The number of anilines is 1. The molecule has 1 aliphatic heterocycles. The van der Waals surface area contributed by atoms with Gasteiger partial charge >= 0.3 is 0 Å². The van der Waals surface area contributed by atoms with Gasteiger partial charge in [0.05, 0.1) is 25.0 Å². The molecule has 0 radical (unpaired) electrons. The van der Waals surface area contributed by atoms with Gasteiger partial charge in [-0.3, -0.25) is 14.4 Å². The van der Waals surface area contributed by atoms with Gasteiger partial charge in [0.2, 0.25) is 0 Å². The van der Waals surface area contributed by atoms with Crippen LogP contribution in [0.25, 0.3) is 0 Å². The molecule has 2 heterocycles. The highest BCUT2D eigenvalue weighted by atomic mass is 16.7. The second kappa shape index (κ2) is 11.3. The first kappa shape index (κ1) is 23.3. The Bertz CT molecular complexity index is 956. The van der Waals surface area contributed by atoms with Crippen molar-refractivity contribution >= 4 is 11.6 Å². The lowest BCUT2D eigenvalue weighted by atomic mass is 10.1. The van der Waals surface area contributed by atoms with Crippen molar-refractivity contribution in [2.75, 3.05) is 24.7 Å². The summed E-state index contributed by atoms with van der Waals surface area (Å²) >= 11 is 0. The summed E-state index contributed by atoms with van der Waals surface area (Å²) in [5.41, 5.74) is 2.01. The maximum Gasteiger partial charge on any atom is 0.294 e. The largest absolute Gasteiger partial charge is 0.452 e. The van der Waals surface area contributed by atoms with Crippen LogP contribution in [0.2, 0.25) is 0 Å². The van der Waals surface area contributed by atoms with Gasteiger partial charge in [-0.1, -0.05) is 18.2 Å². The number of nitrogens with zero attached hydrogens (tertiary/aromatic N) is 3. The molecule has 0 N–H and O–H groups in total. The summed E-state index contributed by atoms with van der Waals surface area (Å²) in [5.74, 6) is 1.36. The third-order valence-electron chi connectivity index (χ3n) is 5.88. The minimum absolute atomic E-state index is 0.125. The Morgan fingerprint density at radius 2 is 2.09 bits per heavy atom. The second-order valence-electron chi connectivity index (χ2n) is 8.43. The van der Waals surface area contributed by atoms with Crippen LogP contribution in [0.15, 0.2) is 61.1 Å². The summed E-state index contributed by atoms with van der Waals surface area (Å²) in [6, 6.07) is 8.01. The van der Waals surface area contributed by atoms with E-state index in [9.17, 15) is 4.79 Å². The fourth-order valence-corrected chi connectivity index (χ4v) is 3.88. The van der Waals surface area contributed by atoms with Crippen molar-refractivity contribution in [1.82, 2.24) is 9.78 Å². The van der Waals surface area contributed by atoms with Crippen molar-refractivity contribution in [2.45, 2.75) is 57.8 Å². The number of allylic oxidation sites excluding steroid dienone is 1. The maximum atomic E-state index is 13.3. The predicted molar refractivity (Wildman–Crippen MR) is 127 cm³/mol. The fraction of sp³-hybridized carbons (Fsp3) is 0.462. The first-order valence-corrected chi connectivity index (χ1v) is 11.8. The van der Waals surface area contributed by atoms with Crippen LogP contribution in [0.1, 0.15) is 50.5 Å². The van der Waals surface area contributed by atoms with E-state index in [1.807, 2.05) is 18.3 Å². The van der Waals surface area contributed by atoms with Gasteiger partial charge in [-0.25, -0.2) is 0 Å². The van der Waals surface area contributed by atoms with Gasteiger partial charge in [0.15, 0.2) is 12.0 Å². The average molecular weight is 452 g/mol. The molecule has 2 aliphatic rings. The zero-order chi connectivity index (χ0) is 23.0. The zero-order valence-electron chi connectivity index (χ0n) is 19.3. The number of carbonyl (C=O) groups excluding carboxylic acids is 1. The van der Waals surface area contributed by atoms with Crippen molar-refractivity contribution in [2.24, 2.45) is 0 Å². The normalized spacial score (nSPS) is 18.7. The number of amides is 1. The van der Waals surface area contributed by atoms with E-state index < -0.39 is 0 Å². The number of carbonyl (C=O) groups is 1. The van der Waals surface area contributed by atoms with Crippen molar-refractivity contribution in [1.29, 1.82) is 0 Å². The SMILES string of the molecule is C=CCN(C(=O)/C(=C/C)Oc1ccc(C2CC2)cc1)c1cnn(CCOC2CCCCO2)c1. The summed E-state index contributed by atoms with van der Waals surface area (Å²) in [7, 11) is 0. The summed E-state index contributed by atoms with van der Waals surface area (Å²) in [6.45, 7) is 7.79. The molecule has 1 amide bonds. The van der Waals surface area contributed by atoms with Crippen LogP contribution < -0.4 is 9.64 Å². The van der Waals surface area contributed by atoms with E-state index in [-0.39, 0.29) is 18.0 Å². The van der Waals surface area contributed by atoms with Gasteiger partial charge in [0.1, 0.15) is 5.75 Å². The van der Waals surface area contributed by atoms with E-state index in [0.717, 1.165) is 25.9 Å². The molecule has 1 aromatic heterocycles. The van der Waals surface area contributed by atoms with Crippen molar-refractivity contribution in [3.63, 3.8) is 0 Å². The van der Waals surface area contributed by atoms with Crippen molar-refractivity contribution in [3.8, 4) is 5.75 Å². The van der Waals surface area contributed by atoms with Crippen molar-refractivity contribution in [3.05, 3.63) is 66.7 Å². The van der Waals surface area contributed by atoms with Gasteiger partial charge in [-0.2, -0.15) is 5.10 Å². The van der Waals surface area contributed by atoms with Gasteiger partial charge in [-0.05, 0) is 68.7 Å². The number of aromatic nitrogens is 2. The third kappa shape index (κ3) is 6.33. The lowest BCUT2D eigenvalue weighted by Gasteiger charge is -2.22. The van der Waals surface area contributed by atoms with Crippen molar-refractivity contribution < 1.29 is 19.0 Å². The molecule has 4 rings (SSSR count). The lowest BCUT2D eigenvalue weighted by Crippen LogP contribution is -2.33. The molecule has 1 saturated heterocycles. The molecule has 2 aromatic rings. The highest BCUT2D eigenvalue weighted by Crippen LogP contribution is 2.40. The van der Waals surface area contributed by atoms with E-state index >= 15 is 0 Å². The Balaban J connectivity index is 1.36. The molecule has 7 heteroatoms. The Morgan fingerprint density at radius 3 is 2.76 bits per heavy atom. The number of ether oxygens (including phenoxy) is 3. The Kier molecular flexibility index (Phi) is 7.96. The first-order chi connectivity index (χ1) is 16.2. The summed E-state index contributed by atoms with van der Waals surface area (Å²) in [4.78, 5) is 14.9. The topological polar surface area (TPSA) is 65.8 Å². The summed E-state index contributed by atoms with van der Waals surface area (Å²) in [6.07, 6.45) is 12.4. The van der Waals surface area contributed by atoms with Crippen LogP contribution in [-0.4, -0.2) is 41.7 Å². The molecular weight excluding hydrogens is 418 g/mol. The van der Waals surface area contributed by atoms with E-state index in [1.165, 1.54) is 18.4 Å². The van der Waals surface area contributed by atoms with Crippen LogP contribution in [0.5, 0.6) is 5.75 Å². The minimum Gasteiger partial charge on any atom is -0.452 e. The van der Waals surface area contributed by atoms with Crippen LogP contribution in [0.4, 0.5) is 5.69 Å². The number of benzene rings is 1. The molecule has 2 fully saturated rings. The average Bonchev–Trinajstić information content (AvgIpc) is 3.60. The van der Waals surface area contributed by atoms with Crippen LogP contribution >= 0.6 is 0 Å². The molecule has 1 aromatic carbocycles. The van der Waals surface area contributed by atoms with E-state index in [0.29, 0.717) is 37.1 Å². The molecule has 1 unspecified atom stereocenters. The van der Waals surface area contributed by atoms with Crippen LogP contribution in [0, 0.1) is 0 Å².